The van der Waals surface area contributed by atoms with Gasteiger partial charge in [-0.15, -0.1) is 0 Å². The minimum Gasteiger partial charge on any atom is -0.396 e. The Morgan fingerprint density at radius 2 is 2.12 bits per heavy atom. The van der Waals surface area contributed by atoms with Crippen LogP contribution in [-0.4, -0.2) is 11.0 Å². The highest BCUT2D eigenvalue weighted by molar-refractivity contribution is 5.61. The molecule has 4 nitrogen and oxygen atoms in total. The lowest BCUT2D eigenvalue weighted by molar-refractivity contribution is 0.391. The van der Waals surface area contributed by atoms with E-state index in [2.05, 4.69) is 24.1 Å². The molecule has 4 heteroatoms. The fraction of sp³-hybridized carbons (Fsp3) is 0.615. The van der Waals surface area contributed by atoms with Crippen molar-refractivity contribution in [2.75, 3.05) is 16.8 Å². The van der Waals surface area contributed by atoms with Crippen LogP contribution in [0.1, 0.15) is 33.1 Å². The molecule has 1 aliphatic carbocycles. The number of pyridine rings is 1. The van der Waals surface area contributed by atoms with E-state index in [9.17, 15) is 0 Å². The van der Waals surface area contributed by atoms with Gasteiger partial charge in [0.15, 0.2) is 0 Å². The molecule has 0 aromatic carbocycles. The number of aromatic nitrogens is 1. The predicted octanol–water partition coefficient (Wildman–Crippen LogP) is 2.48. The van der Waals surface area contributed by atoms with E-state index in [0.717, 1.165) is 11.7 Å². The van der Waals surface area contributed by atoms with Gasteiger partial charge in [-0.05, 0) is 36.8 Å². The molecule has 1 aromatic rings. The van der Waals surface area contributed by atoms with Crippen molar-refractivity contribution in [3.05, 3.63) is 12.1 Å². The first-order chi connectivity index (χ1) is 8.11. The maximum atomic E-state index is 5.71. The highest BCUT2D eigenvalue weighted by atomic mass is 15.1. The smallest absolute Gasteiger partial charge is 0.149 e. The number of anilines is 3. The van der Waals surface area contributed by atoms with Crippen LogP contribution < -0.4 is 16.8 Å². The van der Waals surface area contributed by atoms with Crippen LogP contribution in [-0.2, 0) is 0 Å². The lowest BCUT2D eigenvalue weighted by Crippen LogP contribution is -2.25. The fourth-order valence-electron chi connectivity index (χ4n) is 2.78. The van der Waals surface area contributed by atoms with E-state index in [1.807, 2.05) is 12.1 Å². The van der Waals surface area contributed by atoms with Crippen molar-refractivity contribution in [1.29, 1.82) is 0 Å². The average Bonchev–Trinajstić information content (AvgIpc) is 2.65. The van der Waals surface area contributed by atoms with E-state index in [4.69, 9.17) is 11.5 Å². The minimum atomic E-state index is 0.410. The molecule has 3 unspecified atom stereocenters. The molecular weight excluding hydrogens is 212 g/mol. The summed E-state index contributed by atoms with van der Waals surface area (Å²) in [7, 11) is 0. The molecule has 0 aliphatic heterocycles. The highest BCUT2D eigenvalue weighted by Gasteiger charge is 2.31. The quantitative estimate of drug-likeness (QED) is 0.751. The Balaban J connectivity index is 2.04. The van der Waals surface area contributed by atoms with Crippen LogP contribution in [0.2, 0.25) is 0 Å². The molecule has 1 fully saturated rings. The monoisotopic (exact) mass is 234 g/mol. The summed E-state index contributed by atoms with van der Waals surface area (Å²) in [6, 6.07) is 4.22. The molecule has 0 radical (unpaired) electrons. The number of nitrogens with two attached hydrogens (primary N) is 2. The van der Waals surface area contributed by atoms with Crippen molar-refractivity contribution in [1.82, 2.24) is 4.98 Å². The lowest BCUT2D eigenvalue weighted by atomic mass is 9.93. The van der Waals surface area contributed by atoms with E-state index in [1.165, 1.54) is 19.3 Å². The Hall–Kier alpha value is -1.45. The fourth-order valence-corrected chi connectivity index (χ4v) is 2.78. The number of nitrogens with one attached hydrogen (secondary N) is 1. The van der Waals surface area contributed by atoms with E-state index < -0.39 is 0 Å². The number of hydrogen-bond acceptors (Lipinski definition) is 4. The van der Waals surface area contributed by atoms with E-state index in [1.54, 1.807) is 0 Å². The molecule has 3 atom stereocenters. The summed E-state index contributed by atoms with van der Waals surface area (Å²) in [4.78, 5) is 4.26. The Morgan fingerprint density at radius 1 is 1.35 bits per heavy atom. The van der Waals surface area contributed by atoms with Crippen LogP contribution in [0.4, 0.5) is 17.3 Å². The topological polar surface area (TPSA) is 77.0 Å². The van der Waals surface area contributed by atoms with Crippen LogP contribution in [0.5, 0.6) is 0 Å². The van der Waals surface area contributed by atoms with Gasteiger partial charge in [0.1, 0.15) is 11.6 Å². The zero-order valence-corrected chi connectivity index (χ0v) is 10.6. The van der Waals surface area contributed by atoms with Crippen molar-refractivity contribution >= 4 is 17.3 Å². The number of hydrogen-bond donors (Lipinski definition) is 3. The predicted molar refractivity (Wildman–Crippen MR) is 72.7 cm³/mol. The SMILES string of the molecule is CCC1CCC(Nc2ccc(N)c(N)n2)C1C. The maximum absolute atomic E-state index is 5.71. The van der Waals surface area contributed by atoms with Gasteiger partial charge in [0, 0.05) is 6.04 Å². The summed E-state index contributed by atoms with van der Waals surface area (Å²) in [6.45, 7) is 4.59. The maximum Gasteiger partial charge on any atom is 0.149 e. The molecule has 1 aliphatic rings. The van der Waals surface area contributed by atoms with Crippen molar-refractivity contribution < 1.29 is 0 Å². The number of nitrogens with zero attached hydrogens (tertiary/aromatic N) is 1. The first-order valence-electron chi connectivity index (χ1n) is 6.40. The molecule has 94 valence electrons. The molecule has 17 heavy (non-hydrogen) atoms. The van der Waals surface area contributed by atoms with Crippen molar-refractivity contribution in [3.8, 4) is 0 Å². The third kappa shape index (κ3) is 2.46. The van der Waals surface area contributed by atoms with Crippen LogP contribution in [0.3, 0.4) is 0 Å². The van der Waals surface area contributed by atoms with Crippen LogP contribution in [0, 0.1) is 11.8 Å². The summed E-state index contributed by atoms with van der Waals surface area (Å²) in [5.74, 6) is 2.78. The van der Waals surface area contributed by atoms with Gasteiger partial charge in [-0.1, -0.05) is 20.3 Å². The zero-order valence-electron chi connectivity index (χ0n) is 10.6. The molecule has 1 saturated carbocycles. The van der Waals surface area contributed by atoms with Gasteiger partial charge in [0.05, 0.1) is 5.69 Å². The normalized spacial score (nSPS) is 28.2. The molecule has 1 heterocycles. The first-order valence-corrected chi connectivity index (χ1v) is 6.40. The Morgan fingerprint density at radius 3 is 2.71 bits per heavy atom. The second-order valence-corrected chi connectivity index (χ2v) is 5.03. The lowest BCUT2D eigenvalue weighted by Gasteiger charge is -2.21. The molecule has 2 rings (SSSR count). The average molecular weight is 234 g/mol. The summed E-state index contributed by atoms with van der Waals surface area (Å²) < 4.78 is 0. The van der Waals surface area contributed by atoms with Crippen LogP contribution in [0.15, 0.2) is 12.1 Å². The minimum absolute atomic E-state index is 0.410. The largest absolute Gasteiger partial charge is 0.396 e. The summed E-state index contributed by atoms with van der Waals surface area (Å²) in [6.07, 6.45) is 3.78. The van der Waals surface area contributed by atoms with Gasteiger partial charge in [-0.25, -0.2) is 4.98 Å². The van der Waals surface area contributed by atoms with Gasteiger partial charge < -0.3 is 16.8 Å². The van der Waals surface area contributed by atoms with Crippen LogP contribution >= 0.6 is 0 Å². The van der Waals surface area contributed by atoms with E-state index >= 15 is 0 Å². The molecule has 0 spiro atoms. The Labute approximate surface area is 103 Å². The molecule has 0 bridgehead atoms. The second kappa shape index (κ2) is 4.82. The zero-order chi connectivity index (χ0) is 12.4. The van der Waals surface area contributed by atoms with Crippen LogP contribution in [0.25, 0.3) is 0 Å². The van der Waals surface area contributed by atoms with Gasteiger partial charge in [0.25, 0.3) is 0 Å². The van der Waals surface area contributed by atoms with Gasteiger partial charge in [-0.2, -0.15) is 0 Å². The molecule has 0 saturated heterocycles. The Bertz CT molecular complexity index is 391. The highest BCUT2D eigenvalue weighted by Crippen LogP contribution is 2.35. The van der Waals surface area contributed by atoms with Crippen molar-refractivity contribution in [2.45, 2.75) is 39.2 Å². The summed E-state index contributed by atoms with van der Waals surface area (Å²) in [5, 5.41) is 3.48. The van der Waals surface area contributed by atoms with Crippen molar-refractivity contribution in [3.63, 3.8) is 0 Å². The standard InChI is InChI=1S/C13H22N4/c1-3-9-4-6-11(8(9)2)16-12-7-5-10(14)13(15)17-12/h5,7-9,11H,3-4,6,14H2,1-2H3,(H3,15,16,17). The Kier molecular flexibility index (Phi) is 3.41. The first kappa shape index (κ1) is 12.0. The van der Waals surface area contributed by atoms with Gasteiger partial charge >= 0.3 is 0 Å². The molecule has 1 aromatic heterocycles. The molecule has 5 N–H and O–H groups in total. The van der Waals surface area contributed by atoms with E-state index in [0.29, 0.717) is 23.5 Å². The third-order valence-electron chi connectivity index (χ3n) is 4.04. The summed E-state index contributed by atoms with van der Waals surface area (Å²) >= 11 is 0. The van der Waals surface area contributed by atoms with Gasteiger partial charge in [0.2, 0.25) is 0 Å². The number of nitrogen functional groups attached to an aromatic ring is 2. The molecular formula is C13H22N4. The summed E-state index contributed by atoms with van der Waals surface area (Å²) in [5.41, 5.74) is 11.9. The third-order valence-corrected chi connectivity index (χ3v) is 4.04. The van der Waals surface area contributed by atoms with Gasteiger partial charge in [-0.3, -0.25) is 0 Å². The van der Waals surface area contributed by atoms with Crippen molar-refractivity contribution in [2.24, 2.45) is 11.8 Å². The number of rotatable bonds is 3. The molecule has 0 amide bonds. The second-order valence-electron chi connectivity index (χ2n) is 5.03. The van der Waals surface area contributed by atoms with E-state index in [-0.39, 0.29) is 0 Å².